The first-order valence-electron chi connectivity index (χ1n) is 5.61. The summed E-state index contributed by atoms with van der Waals surface area (Å²) in [6.45, 7) is 0. The van der Waals surface area contributed by atoms with E-state index in [1.54, 1.807) is 0 Å². The van der Waals surface area contributed by atoms with Crippen LogP contribution in [0.5, 0.6) is 0 Å². The summed E-state index contributed by atoms with van der Waals surface area (Å²) in [6, 6.07) is 19.8. The van der Waals surface area contributed by atoms with E-state index in [9.17, 15) is 0 Å². The molecule has 2 rings (SSSR count). The second-order valence-corrected chi connectivity index (χ2v) is 5.21. The van der Waals surface area contributed by atoms with Gasteiger partial charge in [-0.3, -0.25) is 0 Å². The van der Waals surface area contributed by atoms with Crippen molar-refractivity contribution in [1.29, 1.82) is 0 Å². The standard InChI is InChI=1S/C14H12IN3/c15-13(11-7-3-1-4-8-11)14(17-18-16)12-9-5-2-6-10-12/h1-10,13-14H/t13-,14-/m0/s1. The predicted octanol–water partition coefficient (Wildman–Crippen LogP) is 5.21. The molecule has 18 heavy (non-hydrogen) atoms. The van der Waals surface area contributed by atoms with Gasteiger partial charge in [0, 0.05) is 8.84 Å². The monoisotopic (exact) mass is 349 g/mol. The molecule has 0 bridgehead atoms. The van der Waals surface area contributed by atoms with Gasteiger partial charge in [-0.05, 0) is 16.7 Å². The number of halogens is 1. The lowest BCUT2D eigenvalue weighted by atomic mass is 10.00. The summed E-state index contributed by atoms with van der Waals surface area (Å²) < 4.78 is 0.127. The third kappa shape index (κ3) is 3.03. The first-order chi connectivity index (χ1) is 8.83. The van der Waals surface area contributed by atoms with Gasteiger partial charge in [-0.15, -0.1) is 0 Å². The number of azide groups is 1. The molecule has 2 aromatic rings. The van der Waals surface area contributed by atoms with Crippen LogP contribution in [-0.2, 0) is 0 Å². The maximum Gasteiger partial charge on any atom is 0.0783 e. The highest BCUT2D eigenvalue weighted by molar-refractivity contribution is 14.1. The van der Waals surface area contributed by atoms with E-state index in [0.717, 1.165) is 5.56 Å². The Morgan fingerprint density at radius 1 is 0.889 bits per heavy atom. The van der Waals surface area contributed by atoms with Gasteiger partial charge in [0.05, 0.1) is 6.04 Å². The smallest absolute Gasteiger partial charge is 0.0783 e. The highest BCUT2D eigenvalue weighted by atomic mass is 127. The summed E-state index contributed by atoms with van der Waals surface area (Å²) in [5, 5.41) is 3.94. The molecule has 0 aliphatic heterocycles. The molecule has 0 N–H and O–H groups in total. The molecule has 0 aliphatic rings. The van der Waals surface area contributed by atoms with E-state index in [0.29, 0.717) is 0 Å². The molecule has 0 fully saturated rings. The molecule has 0 aromatic heterocycles. The largest absolute Gasteiger partial charge is 0.0845 e. The Morgan fingerprint density at radius 3 is 1.89 bits per heavy atom. The molecule has 4 heteroatoms. The van der Waals surface area contributed by atoms with Gasteiger partial charge in [0.25, 0.3) is 0 Å². The number of rotatable bonds is 4. The number of hydrogen-bond donors (Lipinski definition) is 0. The topological polar surface area (TPSA) is 48.8 Å². The number of alkyl halides is 1. The average molecular weight is 349 g/mol. The predicted molar refractivity (Wildman–Crippen MR) is 81.5 cm³/mol. The Morgan fingerprint density at radius 2 is 1.39 bits per heavy atom. The van der Waals surface area contributed by atoms with E-state index >= 15 is 0 Å². The maximum absolute atomic E-state index is 8.75. The molecular weight excluding hydrogens is 337 g/mol. The molecule has 3 nitrogen and oxygen atoms in total. The van der Waals surface area contributed by atoms with Crippen molar-refractivity contribution in [2.24, 2.45) is 5.11 Å². The van der Waals surface area contributed by atoms with E-state index in [-0.39, 0.29) is 9.97 Å². The molecule has 90 valence electrons. The maximum atomic E-state index is 8.75. The van der Waals surface area contributed by atoms with Gasteiger partial charge in [0.15, 0.2) is 0 Å². The zero-order chi connectivity index (χ0) is 12.8. The van der Waals surface area contributed by atoms with Crippen LogP contribution in [0.15, 0.2) is 65.8 Å². The van der Waals surface area contributed by atoms with Crippen LogP contribution in [0.25, 0.3) is 10.4 Å². The second-order valence-electron chi connectivity index (χ2n) is 3.87. The van der Waals surface area contributed by atoms with E-state index in [1.807, 2.05) is 48.5 Å². The normalized spacial score (nSPS) is 13.4. The van der Waals surface area contributed by atoms with Crippen LogP contribution in [-0.4, -0.2) is 0 Å². The molecule has 0 saturated carbocycles. The van der Waals surface area contributed by atoms with Gasteiger partial charge in [0.2, 0.25) is 0 Å². The van der Waals surface area contributed by atoms with Crippen molar-refractivity contribution in [2.45, 2.75) is 9.97 Å². The van der Waals surface area contributed by atoms with Gasteiger partial charge in [-0.2, -0.15) is 0 Å². The Labute approximate surface area is 120 Å². The lowest BCUT2D eigenvalue weighted by molar-refractivity contribution is 0.720. The Hall–Kier alpha value is -1.52. The molecule has 0 saturated heterocycles. The highest BCUT2D eigenvalue weighted by Gasteiger charge is 2.20. The fourth-order valence-electron chi connectivity index (χ4n) is 1.82. The summed E-state index contributed by atoms with van der Waals surface area (Å²) >= 11 is 2.33. The first kappa shape index (κ1) is 12.9. The SMILES string of the molecule is [N-]=[N+]=N[C@@H](c1ccccc1)[C@@H](I)c1ccccc1. The summed E-state index contributed by atoms with van der Waals surface area (Å²) in [4.78, 5) is 2.98. The van der Waals surface area contributed by atoms with Crippen LogP contribution in [0.3, 0.4) is 0 Å². The fraction of sp³-hybridized carbons (Fsp3) is 0.143. The Kier molecular flexibility index (Phi) is 4.61. The van der Waals surface area contributed by atoms with Gasteiger partial charge in [-0.1, -0.05) is 88.4 Å². The van der Waals surface area contributed by atoms with Crippen LogP contribution < -0.4 is 0 Å². The molecule has 0 amide bonds. The van der Waals surface area contributed by atoms with Crippen molar-refractivity contribution in [1.82, 2.24) is 0 Å². The van der Waals surface area contributed by atoms with Crippen LogP contribution in [0.1, 0.15) is 21.1 Å². The molecule has 0 unspecified atom stereocenters. The van der Waals surface area contributed by atoms with Crippen molar-refractivity contribution < 1.29 is 0 Å². The average Bonchev–Trinajstić information content (AvgIpc) is 2.46. The quantitative estimate of drug-likeness (QED) is 0.239. The lowest BCUT2D eigenvalue weighted by Gasteiger charge is -2.18. The molecule has 0 heterocycles. The van der Waals surface area contributed by atoms with Crippen LogP contribution in [0, 0.1) is 0 Å². The first-order valence-corrected chi connectivity index (χ1v) is 6.85. The Bertz CT molecular complexity index is 535. The summed E-state index contributed by atoms with van der Waals surface area (Å²) in [7, 11) is 0. The lowest BCUT2D eigenvalue weighted by Crippen LogP contribution is -2.02. The van der Waals surface area contributed by atoms with Gasteiger partial charge >= 0.3 is 0 Å². The molecule has 2 aromatic carbocycles. The third-order valence-electron chi connectivity index (χ3n) is 2.71. The van der Waals surface area contributed by atoms with Crippen LogP contribution in [0.2, 0.25) is 0 Å². The second kappa shape index (κ2) is 6.42. The van der Waals surface area contributed by atoms with Crippen LogP contribution in [0.4, 0.5) is 0 Å². The Balaban J connectivity index is 2.35. The van der Waals surface area contributed by atoms with E-state index < -0.39 is 0 Å². The van der Waals surface area contributed by atoms with Crippen molar-refractivity contribution in [2.75, 3.05) is 0 Å². The van der Waals surface area contributed by atoms with E-state index in [2.05, 4.69) is 44.7 Å². The molecule has 2 atom stereocenters. The van der Waals surface area contributed by atoms with Gasteiger partial charge in [0.1, 0.15) is 0 Å². The van der Waals surface area contributed by atoms with E-state index in [1.165, 1.54) is 5.56 Å². The van der Waals surface area contributed by atoms with Gasteiger partial charge < -0.3 is 0 Å². The fourth-order valence-corrected chi connectivity index (χ4v) is 2.79. The molecule has 0 spiro atoms. The summed E-state index contributed by atoms with van der Waals surface area (Å²) in [5.41, 5.74) is 11.0. The molecular formula is C14H12IN3. The zero-order valence-corrected chi connectivity index (χ0v) is 11.8. The minimum atomic E-state index is -0.181. The van der Waals surface area contributed by atoms with Crippen LogP contribution >= 0.6 is 22.6 Å². The van der Waals surface area contributed by atoms with Gasteiger partial charge in [-0.25, -0.2) is 0 Å². The third-order valence-corrected chi connectivity index (χ3v) is 4.11. The number of nitrogens with zero attached hydrogens (tertiary/aromatic N) is 3. The summed E-state index contributed by atoms with van der Waals surface area (Å²) in [6.07, 6.45) is 0. The van der Waals surface area contributed by atoms with E-state index in [4.69, 9.17) is 5.53 Å². The minimum absolute atomic E-state index is 0.127. The number of hydrogen-bond acceptors (Lipinski definition) is 1. The van der Waals surface area contributed by atoms with Crippen molar-refractivity contribution in [3.63, 3.8) is 0 Å². The molecule has 0 radical (unpaired) electrons. The summed E-state index contributed by atoms with van der Waals surface area (Å²) in [5.74, 6) is 0. The van der Waals surface area contributed by atoms with Crippen molar-refractivity contribution in [3.8, 4) is 0 Å². The number of benzene rings is 2. The van der Waals surface area contributed by atoms with Crippen molar-refractivity contribution in [3.05, 3.63) is 82.2 Å². The zero-order valence-electron chi connectivity index (χ0n) is 9.65. The minimum Gasteiger partial charge on any atom is -0.0845 e. The molecule has 0 aliphatic carbocycles. The highest BCUT2D eigenvalue weighted by Crippen LogP contribution is 2.39. The van der Waals surface area contributed by atoms with Crippen molar-refractivity contribution >= 4 is 22.6 Å².